The van der Waals surface area contributed by atoms with Crippen LogP contribution in [0, 0.1) is 0 Å². The molecule has 1 saturated heterocycles. The number of amides is 1. The first-order valence-electron chi connectivity index (χ1n) is 8.05. The Hall–Kier alpha value is -0.820. The Balaban J connectivity index is 1.90. The van der Waals surface area contributed by atoms with E-state index in [2.05, 4.69) is 0 Å². The summed E-state index contributed by atoms with van der Waals surface area (Å²) >= 11 is 0. The third-order valence-corrected chi connectivity index (χ3v) is 4.82. The van der Waals surface area contributed by atoms with Crippen molar-refractivity contribution in [2.45, 2.75) is 69.8 Å². The van der Waals surface area contributed by atoms with Gasteiger partial charge in [0.05, 0.1) is 0 Å². The van der Waals surface area contributed by atoms with Gasteiger partial charge in [0.1, 0.15) is 0 Å². The lowest BCUT2D eigenvalue weighted by Crippen LogP contribution is -2.49. The SMILES string of the molecule is CC(=O)N(C1CCC1)[C@H]1CCCN(C[C@H](O)C(F)(F)F)CC1. The van der Waals surface area contributed by atoms with Gasteiger partial charge < -0.3 is 14.9 Å². The van der Waals surface area contributed by atoms with Crippen LogP contribution in [0.4, 0.5) is 13.2 Å². The molecule has 0 aromatic carbocycles. The van der Waals surface area contributed by atoms with Gasteiger partial charge >= 0.3 is 6.18 Å². The van der Waals surface area contributed by atoms with E-state index in [9.17, 15) is 23.1 Å². The second kappa shape index (κ2) is 7.17. The average molecular weight is 322 g/mol. The van der Waals surface area contributed by atoms with Crippen LogP contribution in [0.3, 0.4) is 0 Å². The zero-order valence-corrected chi connectivity index (χ0v) is 13.0. The van der Waals surface area contributed by atoms with Crippen molar-refractivity contribution in [1.82, 2.24) is 9.80 Å². The molecular formula is C15H25F3N2O2. The molecule has 1 heterocycles. The number of aliphatic hydroxyl groups is 1. The number of hydrogen-bond acceptors (Lipinski definition) is 3. The van der Waals surface area contributed by atoms with Crippen molar-refractivity contribution >= 4 is 5.91 Å². The first-order valence-corrected chi connectivity index (χ1v) is 8.05. The van der Waals surface area contributed by atoms with Crippen LogP contribution in [-0.4, -0.2) is 64.8 Å². The molecule has 0 spiro atoms. The summed E-state index contributed by atoms with van der Waals surface area (Å²) in [6, 6.07) is 0.436. The van der Waals surface area contributed by atoms with E-state index in [0.29, 0.717) is 25.6 Å². The molecule has 0 aromatic rings. The van der Waals surface area contributed by atoms with Crippen LogP contribution < -0.4 is 0 Å². The average Bonchev–Trinajstić information content (AvgIpc) is 2.57. The predicted octanol–water partition coefficient (Wildman–Crippen LogP) is 2.17. The Morgan fingerprint density at radius 3 is 2.27 bits per heavy atom. The van der Waals surface area contributed by atoms with Gasteiger partial charge in [-0.25, -0.2) is 0 Å². The molecule has 128 valence electrons. The number of carbonyl (C=O) groups excluding carboxylic acids is 1. The summed E-state index contributed by atoms with van der Waals surface area (Å²) < 4.78 is 37.3. The number of nitrogens with zero attached hydrogens (tertiary/aromatic N) is 2. The first kappa shape index (κ1) is 17.5. The molecule has 0 unspecified atom stereocenters. The van der Waals surface area contributed by atoms with Gasteiger partial charge in [0.25, 0.3) is 0 Å². The number of likely N-dealkylation sites (tertiary alicyclic amines) is 1. The van der Waals surface area contributed by atoms with Crippen LogP contribution in [0.15, 0.2) is 0 Å². The van der Waals surface area contributed by atoms with Crippen molar-refractivity contribution in [1.29, 1.82) is 0 Å². The molecule has 0 bridgehead atoms. The number of carbonyl (C=O) groups is 1. The standard InChI is InChI=1S/C15H25F3N2O2/c1-11(21)20(12-4-2-5-12)13-6-3-8-19(9-7-13)10-14(22)15(16,17)18/h12-14,22H,2-10H2,1H3/t13-,14-/m0/s1. The van der Waals surface area contributed by atoms with Crippen LogP contribution in [0.2, 0.25) is 0 Å². The largest absolute Gasteiger partial charge is 0.415 e. The van der Waals surface area contributed by atoms with E-state index in [1.165, 1.54) is 0 Å². The molecule has 4 nitrogen and oxygen atoms in total. The van der Waals surface area contributed by atoms with E-state index < -0.39 is 12.3 Å². The van der Waals surface area contributed by atoms with Gasteiger partial charge in [-0.3, -0.25) is 4.79 Å². The van der Waals surface area contributed by atoms with Gasteiger partial charge in [0.2, 0.25) is 5.91 Å². The Labute approximate surface area is 129 Å². The molecule has 1 amide bonds. The van der Waals surface area contributed by atoms with E-state index in [-0.39, 0.29) is 18.5 Å². The highest BCUT2D eigenvalue weighted by atomic mass is 19.4. The molecule has 1 N–H and O–H groups in total. The van der Waals surface area contributed by atoms with Crippen molar-refractivity contribution in [3.8, 4) is 0 Å². The van der Waals surface area contributed by atoms with Crippen molar-refractivity contribution in [3.05, 3.63) is 0 Å². The normalized spacial score (nSPS) is 26.1. The zero-order chi connectivity index (χ0) is 16.3. The highest BCUT2D eigenvalue weighted by Gasteiger charge is 2.40. The molecule has 7 heteroatoms. The van der Waals surface area contributed by atoms with E-state index in [0.717, 1.165) is 32.1 Å². The molecule has 2 aliphatic rings. The van der Waals surface area contributed by atoms with E-state index in [1.54, 1.807) is 11.8 Å². The maximum absolute atomic E-state index is 12.4. The Morgan fingerprint density at radius 2 is 1.77 bits per heavy atom. The van der Waals surface area contributed by atoms with Crippen molar-refractivity contribution < 1.29 is 23.1 Å². The predicted molar refractivity (Wildman–Crippen MR) is 76.3 cm³/mol. The second-order valence-corrected chi connectivity index (χ2v) is 6.45. The lowest BCUT2D eigenvalue weighted by molar-refractivity contribution is -0.208. The van der Waals surface area contributed by atoms with E-state index in [1.807, 2.05) is 4.90 Å². The Bertz CT molecular complexity index is 385. The lowest BCUT2D eigenvalue weighted by atomic mass is 9.89. The maximum Gasteiger partial charge on any atom is 0.415 e. The smallest absolute Gasteiger partial charge is 0.382 e. The van der Waals surface area contributed by atoms with Gasteiger partial charge in [-0.2, -0.15) is 13.2 Å². The van der Waals surface area contributed by atoms with Crippen LogP contribution in [-0.2, 0) is 4.79 Å². The molecule has 1 aliphatic carbocycles. The monoisotopic (exact) mass is 322 g/mol. The van der Waals surface area contributed by atoms with E-state index in [4.69, 9.17) is 0 Å². The van der Waals surface area contributed by atoms with Crippen LogP contribution in [0.5, 0.6) is 0 Å². The Kier molecular flexibility index (Phi) is 5.71. The highest BCUT2D eigenvalue weighted by molar-refractivity contribution is 5.74. The van der Waals surface area contributed by atoms with Crippen molar-refractivity contribution in [2.75, 3.05) is 19.6 Å². The molecule has 1 aliphatic heterocycles. The third-order valence-electron chi connectivity index (χ3n) is 4.82. The number of β-amino-alcohol motifs (C(OH)–C–C–N with tert-alkyl or cyclic N) is 1. The number of hydrogen-bond donors (Lipinski definition) is 1. The molecule has 0 radical (unpaired) electrons. The number of alkyl halides is 3. The summed E-state index contributed by atoms with van der Waals surface area (Å²) in [5.74, 6) is 0.0680. The molecule has 2 fully saturated rings. The van der Waals surface area contributed by atoms with Gasteiger partial charge in [-0.1, -0.05) is 0 Å². The van der Waals surface area contributed by atoms with Crippen LogP contribution >= 0.6 is 0 Å². The Morgan fingerprint density at radius 1 is 1.18 bits per heavy atom. The van der Waals surface area contributed by atoms with Crippen molar-refractivity contribution in [2.24, 2.45) is 0 Å². The first-order chi connectivity index (χ1) is 10.3. The topological polar surface area (TPSA) is 43.8 Å². The van der Waals surface area contributed by atoms with Gasteiger partial charge in [-0.15, -0.1) is 0 Å². The number of rotatable bonds is 4. The summed E-state index contributed by atoms with van der Waals surface area (Å²) in [7, 11) is 0. The minimum atomic E-state index is -4.57. The minimum Gasteiger partial charge on any atom is -0.382 e. The molecular weight excluding hydrogens is 297 g/mol. The molecule has 2 rings (SSSR count). The molecule has 1 saturated carbocycles. The second-order valence-electron chi connectivity index (χ2n) is 6.45. The van der Waals surface area contributed by atoms with Crippen molar-refractivity contribution in [3.63, 3.8) is 0 Å². The fourth-order valence-electron chi connectivity index (χ4n) is 3.42. The maximum atomic E-state index is 12.4. The van der Waals surface area contributed by atoms with Crippen LogP contribution in [0.25, 0.3) is 0 Å². The minimum absolute atomic E-state index is 0.0680. The fourth-order valence-corrected chi connectivity index (χ4v) is 3.42. The quantitative estimate of drug-likeness (QED) is 0.863. The number of halogens is 3. The summed E-state index contributed by atoms with van der Waals surface area (Å²) in [5, 5.41) is 9.20. The molecule has 22 heavy (non-hydrogen) atoms. The number of aliphatic hydroxyl groups excluding tert-OH is 1. The van der Waals surface area contributed by atoms with Gasteiger partial charge in [-0.05, 0) is 45.1 Å². The summed E-state index contributed by atoms with van der Waals surface area (Å²) in [6.45, 7) is 2.24. The highest BCUT2D eigenvalue weighted by Crippen LogP contribution is 2.30. The van der Waals surface area contributed by atoms with Gasteiger partial charge in [0, 0.05) is 32.1 Å². The van der Waals surface area contributed by atoms with E-state index >= 15 is 0 Å². The molecule has 0 aromatic heterocycles. The third kappa shape index (κ3) is 4.35. The summed E-state index contributed by atoms with van der Waals surface area (Å²) in [5.41, 5.74) is 0. The lowest BCUT2D eigenvalue weighted by Gasteiger charge is -2.42. The fraction of sp³-hybridized carbons (Fsp3) is 0.933. The van der Waals surface area contributed by atoms with Gasteiger partial charge in [0.15, 0.2) is 6.10 Å². The summed E-state index contributed by atoms with van der Waals surface area (Å²) in [4.78, 5) is 15.5. The van der Waals surface area contributed by atoms with Crippen LogP contribution in [0.1, 0.15) is 45.4 Å². The summed E-state index contributed by atoms with van der Waals surface area (Å²) in [6.07, 6.45) is -1.38. The molecule has 2 atom stereocenters. The zero-order valence-electron chi connectivity index (χ0n) is 13.0.